The summed E-state index contributed by atoms with van der Waals surface area (Å²) in [7, 11) is 0. The van der Waals surface area contributed by atoms with Crippen LogP contribution in [0, 0.1) is 24.4 Å². The fourth-order valence-corrected chi connectivity index (χ4v) is 2.52. The van der Waals surface area contributed by atoms with Gasteiger partial charge < -0.3 is 5.32 Å². The summed E-state index contributed by atoms with van der Waals surface area (Å²) in [4.78, 5) is 11.8. The zero-order valence-electron chi connectivity index (χ0n) is 11.8. The molecule has 1 amide bonds. The van der Waals surface area contributed by atoms with E-state index in [-0.39, 0.29) is 28.9 Å². The number of aryl methyl sites for hydroxylation is 1. The highest BCUT2D eigenvalue weighted by Crippen LogP contribution is 2.22. The minimum atomic E-state index is -0.570. The molecule has 22 heavy (non-hydrogen) atoms. The van der Waals surface area contributed by atoms with Crippen molar-refractivity contribution >= 4 is 17.7 Å². The second kappa shape index (κ2) is 7.35. The predicted molar refractivity (Wildman–Crippen MR) is 80.1 cm³/mol. The molecule has 0 aliphatic rings. The monoisotopic (exact) mass is 325 g/mol. The Morgan fingerprint density at radius 1 is 1.09 bits per heavy atom. The second-order valence-electron chi connectivity index (χ2n) is 4.72. The zero-order valence-corrected chi connectivity index (χ0v) is 12.6. The first-order chi connectivity index (χ1) is 10.5. The fraction of sp³-hybridized carbons (Fsp3) is 0.188. The van der Waals surface area contributed by atoms with Gasteiger partial charge in [0, 0.05) is 11.4 Å². The Kier molecular flexibility index (Phi) is 5.49. The first-order valence-corrected chi connectivity index (χ1v) is 7.54. The smallest absolute Gasteiger partial charge is 0.230 e. The lowest BCUT2D eigenvalue weighted by Gasteiger charge is -2.07. The Bertz CT molecular complexity index is 691. The number of nitrogens with one attached hydrogen (secondary N) is 1. The zero-order chi connectivity index (χ0) is 16.1. The minimum absolute atomic E-state index is 0.0469. The van der Waals surface area contributed by atoms with E-state index >= 15 is 0 Å². The molecule has 0 fully saturated rings. The number of halogens is 3. The summed E-state index contributed by atoms with van der Waals surface area (Å²) in [6.07, 6.45) is 0. The van der Waals surface area contributed by atoms with Gasteiger partial charge in [-0.05, 0) is 42.3 Å². The Balaban J connectivity index is 1.85. The van der Waals surface area contributed by atoms with Gasteiger partial charge in [0.2, 0.25) is 5.91 Å². The lowest BCUT2D eigenvalue weighted by Crippen LogP contribution is -2.24. The highest BCUT2D eigenvalue weighted by molar-refractivity contribution is 8.00. The molecule has 2 aromatic rings. The molecule has 0 saturated heterocycles. The van der Waals surface area contributed by atoms with Crippen LogP contribution in [0.1, 0.15) is 11.1 Å². The first kappa shape index (κ1) is 16.4. The van der Waals surface area contributed by atoms with Crippen molar-refractivity contribution in [1.29, 1.82) is 0 Å². The van der Waals surface area contributed by atoms with Crippen molar-refractivity contribution in [2.24, 2.45) is 0 Å². The van der Waals surface area contributed by atoms with Gasteiger partial charge in [-0.1, -0.05) is 12.1 Å². The van der Waals surface area contributed by atoms with Crippen molar-refractivity contribution in [3.05, 3.63) is 65.0 Å². The summed E-state index contributed by atoms with van der Waals surface area (Å²) in [6.45, 7) is 1.84. The van der Waals surface area contributed by atoms with Crippen LogP contribution < -0.4 is 5.32 Å². The van der Waals surface area contributed by atoms with Crippen LogP contribution in [0.25, 0.3) is 0 Å². The molecular weight excluding hydrogens is 311 g/mol. The van der Waals surface area contributed by atoms with Crippen LogP contribution in [-0.4, -0.2) is 11.7 Å². The van der Waals surface area contributed by atoms with Crippen molar-refractivity contribution < 1.29 is 18.0 Å². The van der Waals surface area contributed by atoms with Gasteiger partial charge in [-0.15, -0.1) is 11.8 Å². The summed E-state index contributed by atoms with van der Waals surface area (Å²) in [5.74, 6) is -1.84. The number of carbonyl (C=O) groups excluding carboxylic acids is 1. The van der Waals surface area contributed by atoms with Gasteiger partial charge in [-0.2, -0.15) is 0 Å². The Hall–Kier alpha value is -1.95. The lowest BCUT2D eigenvalue weighted by atomic mass is 10.1. The SMILES string of the molecule is Cc1ccc(CNC(=O)CSc2cc(F)ccc2F)cc1F. The molecule has 0 spiro atoms. The molecule has 6 heteroatoms. The average molecular weight is 325 g/mol. The van der Waals surface area contributed by atoms with Crippen molar-refractivity contribution in [3.63, 3.8) is 0 Å². The largest absolute Gasteiger partial charge is 0.351 e. The summed E-state index contributed by atoms with van der Waals surface area (Å²) in [5, 5.41) is 2.61. The number of hydrogen-bond donors (Lipinski definition) is 1. The van der Waals surface area contributed by atoms with Crippen molar-refractivity contribution in [3.8, 4) is 0 Å². The third-order valence-electron chi connectivity index (χ3n) is 2.98. The van der Waals surface area contributed by atoms with E-state index in [2.05, 4.69) is 5.32 Å². The van der Waals surface area contributed by atoms with Crippen LogP contribution in [0.2, 0.25) is 0 Å². The number of hydrogen-bond acceptors (Lipinski definition) is 2. The van der Waals surface area contributed by atoms with E-state index in [1.165, 1.54) is 6.07 Å². The molecule has 1 N–H and O–H groups in total. The maximum Gasteiger partial charge on any atom is 0.230 e. The number of carbonyl (C=O) groups is 1. The number of benzene rings is 2. The molecule has 2 rings (SSSR count). The molecule has 2 nitrogen and oxygen atoms in total. The highest BCUT2D eigenvalue weighted by atomic mass is 32.2. The van der Waals surface area contributed by atoms with Crippen molar-refractivity contribution in [2.45, 2.75) is 18.4 Å². The summed E-state index contributed by atoms with van der Waals surface area (Å²) in [6, 6.07) is 7.79. The van der Waals surface area contributed by atoms with E-state index in [9.17, 15) is 18.0 Å². The van der Waals surface area contributed by atoms with E-state index in [4.69, 9.17) is 0 Å². The second-order valence-corrected chi connectivity index (χ2v) is 5.74. The maximum atomic E-state index is 13.4. The molecule has 0 saturated carbocycles. The summed E-state index contributed by atoms with van der Waals surface area (Å²) >= 11 is 0.909. The van der Waals surface area contributed by atoms with E-state index in [0.29, 0.717) is 11.1 Å². The summed E-state index contributed by atoms with van der Waals surface area (Å²) < 4.78 is 39.7. The maximum absolute atomic E-state index is 13.4. The Morgan fingerprint density at radius 3 is 2.59 bits per heavy atom. The lowest BCUT2D eigenvalue weighted by molar-refractivity contribution is -0.118. The van der Waals surface area contributed by atoms with Gasteiger partial charge in [-0.25, -0.2) is 13.2 Å². The van der Waals surface area contributed by atoms with Gasteiger partial charge in [0.1, 0.15) is 17.5 Å². The van der Waals surface area contributed by atoms with Crippen LogP contribution in [0.4, 0.5) is 13.2 Å². The summed E-state index contributed by atoms with van der Waals surface area (Å²) in [5.41, 5.74) is 1.17. The van der Waals surface area contributed by atoms with Crippen LogP contribution in [0.3, 0.4) is 0 Å². The molecule has 0 radical (unpaired) electrons. The third-order valence-corrected chi connectivity index (χ3v) is 4.01. The molecular formula is C16H14F3NOS. The number of rotatable bonds is 5. The van der Waals surface area contributed by atoms with E-state index in [1.54, 1.807) is 19.1 Å². The molecule has 0 unspecified atom stereocenters. The van der Waals surface area contributed by atoms with Crippen LogP contribution >= 0.6 is 11.8 Å². The molecule has 0 aliphatic heterocycles. The van der Waals surface area contributed by atoms with E-state index in [0.717, 1.165) is 30.0 Å². The molecule has 0 bridgehead atoms. The normalized spacial score (nSPS) is 10.5. The fourth-order valence-electron chi connectivity index (χ4n) is 1.73. The Morgan fingerprint density at radius 2 is 1.86 bits per heavy atom. The molecule has 2 aromatic carbocycles. The quantitative estimate of drug-likeness (QED) is 0.847. The minimum Gasteiger partial charge on any atom is -0.351 e. The topological polar surface area (TPSA) is 29.1 Å². The van der Waals surface area contributed by atoms with E-state index < -0.39 is 11.6 Å². The standard InChI is InChI=1S/C16H14F3NOS/c1-10-2-3-11(6-14(10)19)8-20-16(21)9-22-15-7-12(17)4-5-13(15)18/h2-7H,8-9H2,1H3,(H,20,21). The molecule has 0 aliphatic carbocycles. The molecule has 0 aromatic heterocycles. The highest BCUT2D eigenvalue weighted by Gasteiger charge is 2.08. The average Bonchev–Trinajstić information content (AvgIpc) is 2.49. The van der Waals surface area contributed by atoms with Crippen LogP contribution in [0.5, 0.6) is 0 Å². The van der Waals surface area contributed by atoms with Crippen molar-refractivity contribution in [1.82, 2.24) is 5.32 Å². The van der Waals surface area contributed by atoms with Gasteiger partial charge in [0.15, 0.2) is 0 Å². The Labute approximate surface area is 130 Å². The van der Waals surface area contributed by atoms with Crippen LogP contribution in [0.15, 0.2) is 41.3 Å². The van der Waals surface area contributed by atoms with Gasteiger partial charge >= 0.3 is 0 Å². The predicted octanol–water partition coefficient (Wildman–Crippen LogP) is 3.82. The van der Waals surface area contributed by atoms with Crippen LogP contribution in [-0.2, 0) is 11.3 Å². The molecule has 116 valence electrons. The van der Waals surface area contributed by atoms with Gasteiger partial charge in [0.05, 0.1) is 5.75 Å². The van der Waals surface area contributed by atoms with Gasteiger partial charge in [-0.3, -0.25) is 4.79 Å². The third kappa shape index (κ3) is 4.53. The molecule has 0 heterocycles. The number of amides is 1. The van der Waals surface area contributed by atoms with Crippen molar-refractivity contribution in [2.75, 3.05) is 5.75 Å². The van der Waals surface area contributed by atoms with Gasteiger partial charge in [0.25, 0.3) is 0 Å². The first-order valence-electron chi connectivity index (χ1n) is 6.55. The molecule has 0 atom stereocenters. The van der Waals surface area contributed by atoms with E-state index in [1.807, 2.05) is 0 Å². The number of thioether (sulfide) groups is 1.